The van der Waals surface area contributed by atoms with Crippen molar-refractivity contribution in [2.24, 2.45) is 0 Å². The van der Waals surface area contributed by atoms with Crippen LogP contribution in [0.15, 0.2) is 65.1 Å². The molecule has 3 aromatic rings. The molecule has 0 aliphatic heterocycles. The molecule has 0 spiro atoms. The number of nitrogens with one attached hydrogen (secondary N) is 1. The summed E-state index contributed by atoms with van der Waals surface area (Å²) in [7, 11) is 1.41. The second kappa shape index (κ2) is 9.82. The number of aliphatic hydroxyl groups excluding tert-OH is 2. The highest BCUT2D eigenvalue weighted by atomic mass is 79.9. The first-order chi connectivity index (χ1) is 15.9. The van der Waals surface area contributed by atoms with Crippen molar-refractivity contribution in [3.8, 4) is 22.6 Å². The van der Waals surface area contributed by atoms with Crippen molar-refractivity contribution >= 4 is 22.0 Å². The average molecular weight is 514 g/mol. The van der Waals surface area contributed by atoms with E-state index in [0.717, 1.165) is 22.3 Å². The number of phenolic OH excluding ortho intramolecular Hbond substituents is 1. The molecule has 2 unspecified atom stereocenters. The van der Waals surface area contributed by atoms with Crippen LogP contribution in [0.25, 0.3) is 11.1 Å². The molecule has 0 heterocycles. The molecule has 7 nitrogen and oxygen atoms in total. The van der Waals surface area contributed by atoms with E-state index < -0.39 is 18.3 Å². The molecule has 1 aliphatic carbocycles. The number of aliphatic hydroxyl groups is 2. The molecule has 1 aliphatic rings. The van der Waals surface area contributed by atoms with Crippen LogP contribution in [0.3, 0.4) is 0 Å². The smallest absolute Gasteiger partial charge is 0.407 e. The molecule has 3 aromatic carbocycles. The molecule has 0 aromatic heterocycles. The highest BCUT2D eigenvalue weighted by Gasteiger charge is 2.29. The van der Waals surface area contributed by atoms with E-state index in [-0.39, 0.29) is 40.6 Å². The second-order valence-electron chi connectivity index (χ2n) is 7.74. The zero-order valence-corrected chi connectivity index (χ0v) is 19.5. The Bertz CT molecular complexity index is 1120. The van der Waals surface area contributed by atoms with Crippen LogP contribution in [0, 0.1) is 0 Å². The van der Waals surface area contributed by atoms with Gasteiger partial charge in [0.25, 0.3) is 0 Å². The summed E-state index contributed by atoms with van der Waals surface area (Å²) in [4.78, 5) is 12.3. The zero-order chi connectivity index (χ0) is 23.5. The van der Waals surface area contributed by atoms with Crippen LogP contribution in [-0.4, -0.2) is 47.8 Å². The molecule has 1 amide bonds. The minimum absolute atomic E-state index is 0.0723. The topological polar surface area (TPSA) is 108 Å². The minimum atomic E-state index is -1.36. The molecule has 4 rings (SSSR count). The Balaban J connectivity index is 1.35. The van der Waals surface area contributed by atoms with Crippen molar-refractivity contribution in [2.75, 3.05) is 20.3 Å². The first kappa shape index (κ1) is 23.1. The van der Waals surface area contributed by atoms with Gasteiger partial charge in [0.15, 0.2) is 11.5 Å². The second-order valence-corrected chi connectivity index (χ2v) is 8.53. The Labute approximate surface area is 199 Å². The van der Waals surface area contributed by atoms with Crippen LogP contribution in [0.2, 0.25) is 0 Å². The lowest BCUT2D eigenvalue weighted by atomic mass is 9.98. The number of ether oxygens (including phenoxy) is 2. The van der Waals surface area contributed by atoms with Crippen LogP contribution in [0.4, 0.5) is 4.79 Å². The number of hydrogen-bond acceptors (Lipinski definition) is 6. The minimum Gasteiger partial charge on any atom is -0.503 e. The van der Waals surface area contributed by atoms with E-state index in [1.54, 1.807) is 0 Å². The van der Waals surface area contributed by atoms with E-state index in [1.165, 1.54) is 19.2 Å². The first-order valence-electron chi connectivity index (χ1n) is 10.4. The summed E-state index contributed by atoms with van der Waals surface area (Å²) < 4.78 is 10.7. The third-order valence-electron chi connectivity index (χ3n) is 5.81. The van der Waals surface area contributed by atoms with Gasteiger partial charge < -0.3 is 30.1 Å². The molecule has 33 heavy (non-hydrogen) atoms. The average Bonchev–Trinajstić information content (AvgIpc) is 3.16. The largest absolute Gasteiger partial charge is 0.503 e. The molecular weight excluding hydrogens is 490 g/mol. The van der Waals surface area contributed by atoms with E-state index in [9.17, 15) is 20.1 Å². The van der Waals surface area contributed by atoms with Crippen LogP contribution < -0.4 is 10.1 Å². The van der Waals surface area contributed by atoms with Crippen LogP contribution >= 0.6 is 15.9 Å². The summed E-state index contributed by atoms with van der Waals surface area (Å²) in [6, 6.07) is 19.1. The predicted molar refractivity (Wildman–Crippen MR) is 126 cm³/mol. The van der Waals surface area contributed by atoms with Crippen molar-refractivity contribution in [3.05, 3.63) is 81.8 Å². The third kappa shape index (κ3) is 4.55. The molecule has 8 heteroatoms. The van der Waals surface area contributed by atoms with Crippen molar-refractivity contribution in [3.63, 3.8) is 0 Å². The van der Waals surface area contributed by atoms with Gasteiger partial charge in [-0.1, -0.05) is 54.6 Å². The Morgan fingerprint density at radius 3 is 2.24 bits per heavy atom. The Morgan fingerprint density at radius 2 is 1.64 bits per heavy atom. The summed E-state index contributed by atoms with van der Waals surface area (Å²) in [5.74, 6) is -0.0354. The summed E-state index contributed by atoms with van der Waals surface area (Å²) in [5.41, 5.74) is 4.73. The van der Waals surface area contributed by atoms with Gasteiger partial charge in [-0.3, -0.25) is 0 Å². The van der Waals surface area contributed by atoms with Crippen molar-refractivity contribution < 1.29 is 29.6 Å². The fraction of sp³-hybridized carbons (Fsp3) is 0.240. The van der Waals surface area contributed by atoms with E-state index in [4.69, 9.17) is 9.47 Å². The molecule has 172 valence electrons. The number of hydrogen-bond donors (Lipinski definition) is 4. The Morgan fingerprint density at radius 1 is 1.03 bits per heavy atom. The maximum absolute atomic E-state index is 12.3. The Kier molecular flexibility index (Phi) is 6.88. The van der Waals surface area contributed by atoms with Crippen molar-refractivity contribution in [1.29, 1.82) is 0 Å². The summed E-state index contributed by atoms with van der Waals surface area (Å²) >= 11 is 3.20. The molecule has 4 N–H and O–H groups in total. The van der Waals surface area contributed by atoms with Gasteiger partial charge in [0.1, 0.15) is 18.8 Å². The number of aromatic hydroxyl groups is 1. The Hall–Kier alpha value is -3.07. The van der Waals surface area contributed by atoms with Gasteiger partial charge in [0.2, 0.25) is 0 Å². The number of benzene rings is 3. The lowest BCUT2D eigenvalue weighted by Crippen LogP contribution is -2.36. The maximum atomic E-state index is 12.3. The van der Waals surface area contributed by atoms with Crippen LogP contribution in [0.5, 0.6) is 11.5 Å². The first-order valence-corrected chi connectivity index (χ1v) is 11.2. The van der Waals surface area contributed by atoms with Crippen LogP contribution in [0.1, 0.15) is 28.7 Å². The molecule has 2 atom stereocenters. The van der Waals surface area contributed by atoms with Gasteiger partial charge in [-0.05, 0) is 44.3 Å². The summed E-state index contributed by atoms with van der Waals surface area (Å²) in [6.45, 7) is -0.0898. The normalized spacial score (nSPS) is 14.2. The number of carbonyl (C=O) groups excluding carboxylic acids is 1. The molecule has 0 saturated carbocycles. The molecular formula is C25H24BrNO6. The van der Waals surface area contributed by atoms with Gasteiger partial charge in [0, 0.05) is 18.0 Å². The predicted octanol–water partition coefficient (Wildman–Crippen LogP) is 4.10. The van der Waals surface area contributed by atoms with Gasteiger partial charge >= 0.3 is 6.09 Å². The van der Waals surface area contributed by atoms with E-state index >= 15 is 0 Å². The highest BCUT2D eigenvalue weighted by molar-refractivity contribution is 9.10. The fourth-order valence-electron chi connectivity index (χ4n) is 4.11. The van der Waals surface area contributed by atoms with Crippen molar-refractivity contribution in [2.45, 2.75) is 18.1 Å². The molecule has 0 fully saturated rings. The maximum Gasteiger partial charge on any atom is 0.407 e. The number of phenols is 1. The number of carbonyl (C=O) groups is 1. The summed E-state index contributed by atoms with van der Waals surface area (Å²) in [6.07, 6.45) is -3.38. The van der Waals surface area contributed by atoms with E-state index in [0.29, 0.717) is 0 Å². The standard InChI is InChI=1S/C25H24BrNO6/c1-32-21-11-10-18(22(26)24(21)30)23(29)20(28)12-27-25(31)33-13-19-16-8-4-2-6-14(16)15-7-3-5-9-17(15)19/h2-11,19-20,23,28-30H,12-13H2,1H3,(H,27,31). The number of alkyl carbamates (subject to hydrolysis) is 1. The van der Waals surface area contributed by atoms with Gasteiger partial charge in [-0.15, -0.1) is 0 Å². The fourth-order valence-corrected chi connectivity index (χ4v) is 4.67. The molecule has 0 saturated heterocycles. The van der Waals surface area contributed by atoms with Gasteiger partial charge in [-0.2, -0.15) is 0 Å². The summed E-state index contributed by atoms with van der Waals surface area (Å²) in [5, 5.41) is 33.4. The van der Waals surface area contributed by atoms with E-state index in [1.807, 2.05) is 36.4 Å². The number of rotatable bonds is 7. The molecule has 0 radical (unpaired) electrons. The zero-order valence-electron chi connectivity index (χ0n) is 17.9. The third-order valence-corrected chi connectivity index (χ3v) is 6.64. The van der Waals surface area contributed by atoms with Crippen LogP contribution in [-0.2, 0) is 4.74 Å². The monoisotopic (exact) mass is 513 g/mol. The quantitative estimate of drug-likeness (QED) is 0.378. The highest BCUT2D eigenvalue weighted by Crippen LogP contribution is 2.44. The number of halogens is 1. The number of methoxy groups -OCH3 is 1. The molecule has 0 bridgehead atoms. The number of amides is 1. The van der Waals surface area contributed by atoms with Gasteiger partial charge in [0.05, 0.1) is 11.6 Å². The lowest BCUT2D eigenvalue weighted by Gasteiger charge is -2.21. The van der Waals surface area contributed by atoms with E-state index in [2.05, 4.69) is 33.4 Å². The lowest BCUT2D eigenvalue weighted by molar-refractivity contribution is 0.0180. The van der Waals surface area contributed by atoms with Crippen molar-refractivity contribution in [1.82, 2.24) is 5.32 Å². The number of fused-ring (bicyclic) bond motifs is 3. The SMILES string of the molecule is COc1ccc(C(O)C(O)CNC(=O)OCC2c3ccccc3-c3ccccc32)c(Br)c1O. The van der Waals surface area contributed by atoms with Gasteiger partial charge in [-0.25, -0.2) is 4.79 Å².